The summed E-state index contributed by atoms with van der Waals surface area (Å²) < 4.78 is 20.9. The van der Waals surface area contributed by atoms with Gasteiger partial charge in [0, 0.05) is 0 Å². The van der Waals surface area contributed by atoms with Gasteiger partial charge in [-0.1, -0.05) is 24.3 Å². The van der Waals surface area contributed by atoms with Gasteiger partial charge < -0.3 is 18.9 Å². The van der Waals surface area contributed by atoms with Gasteiger partial charge in [-0.2, -0.15) is 0 Å². The van der Waals surface area contributed by atoms with E-state index in [1.807, 2.05) is 13.0 Å². The van der Waals surface area contributed by atoms with E-state index in [2.05, 4.69) is 0 Å². The molecule has 0 saturated carbocycles. The number of rotatable bonds is 9. The van der Waals surface area contributed by atoms with E-state index in [1.54, 1.807) is 42.5 Å². The standard InChI is InChI=1S/C19H20O6/c1-3-23-17-10-6-7-11-18(17)24-13-19(21)25-12-15(20)14-8-4-5-9-16(14)22-2/h4-11H,3,12-13H2,1-2H3. The maximum atomic E-state index is 12.1. The average molecular weight is 344 g/mol. The Labute approximate surface area is 146 Å². The summed E-state index contributed by atoms with van der Waals surface area (Å²) in [7, 11) is 1.47. The van der Waals surface area contributed by atoms with Crippen molar-refractivity contribution >= 4 is 11.8 Å². The van der Waals surface area contributed by atoms with Crippen LogP contribution in [0.5, 0.6) is 17.2 Å². The van der Waals surface area contributed by atoms with Gasteiger partial charge in [0.25, 0.3) is 0 Å². The monoisotopic (exact) mass is 344 g/mol. The third kappa shape index (κ3) is 5.24. The van der Waals surface area contributed by atoms with Crippen LogP contribution < -0.4 is 14.2 Å². The summed E-state index contributed by atoms with van der Waals surface area (Å²) in [5.41, 5.74) is 0.361. The van der Waals surface area contributed by atoms with E-state index in [4.69, 9.17) is 18.9 Å². The summed E-state index contributed by atoms with van der Waals surface area (Å²) in [5, 5.41) is 0. The molecule has 2 aromatic carbocycles. The number of ketones is 1. The molecule has 25 heavy (non-hydrogen) atoms. The van der Waals surface area contributed by atoms with Gasteiger partial charge in [-0.15, -0.1) is 0 Å². The second-order valence-electron chi connectivity index (χ2n) is 4.95. The molecule has 2 aromatic rings. The zero-order valence-corrected chi connectivity index (χ0v) is 14.2. The molecule has 6 heteroatoms. The van der Waals surface area contributed by atoms with E-state index in [0.29, 0.717) is 29.4 Å². The van der Waals surface area contributed by atoms with E-state index in [0.717, 1.165) is 0 Å². The first kappa shape index (κ1) is 18.3. The van der Waals surface area contributed by atoms with Gasteiger partial charge in [0.2, 0.25) is 5.78 Å². The van der Waals surface area contributed by atoms with Gasteiger partial charge in [-0.3, -0.25) is 4.79 Å². The van der Waals surface area contributed by atoms with E-state index in [9.17, 15) is 9.59 Å². The smallest absolute Gasteiger partial charge is 0.344 e. The highest BCUT2D eigenvalue weighted by molar-refractivity contribution is 6.00. The van der Waals surface area contributed by atoms with Crippen LogP contribution in [0.2, 0.25) is 0 Å². The number of carbonyl (C=O) groups is 2. The summed E-state index contributed by atoms with van der Waals surface area (Å²) in [5.74, 6) is 0.431. The Bertz CT molecular complexity index is 725. The fraction of sp³-hybridized carbons (Fsp3) is 0.263. The van der Waals surface area contributed by atoms with Crippen LogP contribution in [0.25, 0.3) is 0 Å². The Balaban J connectivity index is 1.86. The molecule has 0 fully saturated rings. The van der Waals surface area contributed by atoms with Crippen LogP contribution in [0.1, 0.15) is 17.3 Å². The first-order chi connectivity index (χ1) is 12.2. The minimum atomic E-state index is -0.644. The number of methoxy groups -OCH3 is 1. The van der Waals surface area contributed by atoms with Gasteiger partial charge in [-0.25, -0.2) is 4.79 Å². The minimum absolute atomic E-state index is 0.316. The second-order valence-corrected chi connectivity index (χ2v) is 4.95. The van der Waals surface area contributed by atoms with Crippen LogP contribution in [0.15, 0.2) is 48.5 Å². The number of esters is 1. The zero-order valence-electron chi connectivity index (χ0n) is 14.2. The summed E-state index contributed by atoms with van der Waals surface area (Å²) in [6.45, 7) is 1.64. The number of Topliss-reactive ketones (excluding diaryl/α,β-unsaturated/α-hetero) is 1. The van der Waals surface area contributed by atoms with Crippen molar-refractivity contribution in [2.24, 2.45) is 0 Å². The third-order valence-corrected chi connectivity index (χ3v) is 3.27. The Morgan fingerprint density at radius 2 is 1.44 bits per heavy atom. The van der Waals surface area contributed by atoms with Crippen LogP contribution in [0.3, 0.4) is 0 Å². The molecule has 0 aromatic heterocycles. The van der Waals surface area contributed by atoms with Gasteiger partial charge in [0.15, 0.2) is 24.7 Å². The largest absolute Gasteiger partial charge is 0.496 e. The molecule has 0 radical (unpaired) electrons. The Hall–Kier alpha value is -3.02. The lowest BCUT2D eigenvalue weighted by Gasteiger charge is -2.11. The summed E-state index contributed by atoms with van der Waals surface area (Å²) in [4.78, 5) is 23.9. The van der Waals surface area contributed by atoms with Crippen LogP contribution in [-0.4, -0.2) is 38.7 Å². The number of ether oxygens (including phenoxy) is 4. The molecule has 0 aliphatic heterocycles. The SMILES string of the molecule is CCOc1ccccc1OCC(=O)OCC(=O)c1ccccc1OC. The molecule has 0 spiro atoms. The maximum absolute atomic E-state index is 12.1. The Morgan fingerprint density at radius 1 is 0.840 bits per heavy atom. The van der Waals surface area contributed by atoms with Crippen molar-refractivity contribution in [2.45, 2.75) is 6.92 Å². The van der Waals surface area contributed by atoms with Crippen LogP contribution in [0, 0.1) is 0 Å². The molecule has 6 nitrogen and oxygen atoms in total. The van der Waals surface area contributed by atoms with Crippen molar-refractivity contribution in [1.82, 2.24) is 0 Å². The molecule has 0 unspecified atom stereocenters. The molecule has 0 saturated heterocycles. The molecule has 0 bridgehead atoms. The summed E-state index contributed by atoms with van der Waals surface area (Å²) in [6, 6.07) is 13.8. The van der Waals surface area contributed by atoms with E-state index in [-0.39, 0.29) is 19.0 Å². The van der Waals surface area contributed by atoms with Crippen molar-refractivity contribution < 1.29 is 28.5 Å². The third-order valence-electron chi connectivity index (χ3n) is 3.27. The molecule has 0 N–H and O–H groups in total. The lowest BCUT2D eigenvalue weighted by atomic mass is 10.1. The van der Waals surface area contributed by atoms with Crippen LogP contribution in [0.4, 0.5) is 0 Å². The normalized spacial score (nSPS) is 10.0. The molecule has 0 aliphatic rings. The van der Waals surface area contributed by atoms with Crippen molar-refractivity contribution in [3.63, 3.8) is 0 Å². The number of carbonyl (C=O) groups excluding carboxylic acids is 2. The fourth-order valence-electron chi connectivity index (χ4n) is 2.12. The molecule has 0 amide bonds. The van der Waals surface area contributed by atoms with Crippen molar-refractivity contribution in [3.8, 4) is 17.2 Å². The molecule has 0 atom stereocenters. The highest BCUT2D eigenvalue weighted by Crippen LogP contribution is 2.26. The lowest BCUT2D eigenvalue weighted by Crippen LogP contribution is -2.20. The Kier molecular flexibility index (Phi) is 6.83. The highest BCUT2D eigenvalue weighted by Gasteiger charge is 2.15. The number of hydrogen-bond acceptors (Lipinski definition) is 6. The predicted molar refractivity (Wildman–Crippen MR) is 91.4 cm³/mol. The maximum Gasteiger partial charge on any atom is 0.344 e. The summed E-state index contributed by atoms with van der Waals surface area (Å²) in [6.07, 6.45) is 0. The van der Waals surface area contributed by atoms with E-state index >= 15 is 0 Å². The van der Waals surface area contributed by atoms with Gasteiger partial charge >= 0.3 is 5.97 Å². The van der Waals surface area contributed by atoms with Crippen molar-refractivity contribution in [3.05, 3.63) is 54.1 Å². The van der Waals surface area contributed by atoms with E-state index in [1.165, 1.54) is 7.11 Å². The molecule has 2 rings (SSSR count). The van der Waals surface area contributed by atoms with Gasteiger partial charge in [0.05, 0.1) is 19.3 Å². The average Bonchev–Trinajstić information content (AvgIpc) is 2.65. The molecule has 0 aliphatic carbocycles. The molecule has 132 valence electrons. The van der Waals surface area contributed by atoms with Crippen molar-refractivity contribution in [1.29, 1.82) is 0 Å². The number of para-hydroxylation sites is 3. The first-order valence-corrected chi connectivity index (χ1v) is 7.82. The van der Waals surface area contributed by atoms with Crippen LogP contribution >= 0.6 is 0 Å². The molecule has 0 heterocycles. The zero-order chi connectivity index (χ0) is 18.1. The number of benzene rings is 2. The molecular weight excluding hydrogens is 324 g/mol. The number of hydrogen-bond donors (Lipinski definition) is 0. The fourth-order valence-corrected chi connectivity index (χ4v) is 2.12. The van der Waals surface area contributed by atoms with Crippen LogP contribution in [-0.2, 0) is 9.53 Å². The Morgan fingerprint density at radius 3 is 2.08 bits per heavy atom. The van der Waals surface area contributed by atoms with Gasteiger partial charge in [-0.05, 0) is 31.2 Å². The topological polar surface area (TPSA) is 71.1 Å². The van der Waals surface area contributed by atoms with Gasteiger partial charge in [0.1, 0.15) is 5.75 Å². The van der Waals surface area contributed by atoms with Crippen molar-refractivity contribution in [2.75, 3.05) is 26.9 Å². The second kappa shape index (κ2) is 9.32. The quantitative estimate of drug-likeness (QED) is 0.514. The predicted octanol–water partition coefficient (Wildman–Crippen LogP) is 2.90. The highest BCUT2D eigenvalue weighted by atomic mass is 16.6. The summed E-state index contributed by atoms with van der Waals surface area (Å²) >= 11 is 0. The molecular formula is C19H20O6. The van der Waals surface area contributed by atoms with E-state index < -0.39 is 5.97 Å². The lowest BCUT2D eigenvalue weighted by molar-refractivity contribution is -0.144. The first-order valence-electron chi connectivity index (χ1n) is 7.82. The minimum Gasteiger partial charge on any atom is -0.496 e.